The van der Waals surface area contributed by atoms with Crippen LogP contribution in [-0.2, 0) is 4.79 Å². The molecule has 1 aliphatic rings. The van der Waals surface area contributed by atoms with Crippen LogP contribution in [0.3, 0.4) is 0 Å². The molecule has 0 saturated carbocycles. The molecule has 108 valence electrons. The Hall–Kier alpha value is -2.24. The summed E-state index contributed by atoms with van der Waals surface area (Å²) in [5, 5.41) is 2.74. The molecule has 1 aliphatic heterocycles. The van der Waals surface area contributed by atoms with E-state index in [9.17, 15) is 9.59 Å². The van der Waals surface area contributed by atoms with E-state index >= 15 is 0 Å². The maximum Gasteiger partial charge on any atom is 0.252 e. The summed E-state index contributed by atoms with van der Waals surface area (Å²) < 4.78 is 10.2. The molecule has 6 nitrogen and oxygen atoms in total. The summed E-state index contributed by atoms with van der Waals surface area (Å²) in [6, 6.07) is 4.46. The first kappa shape index (κ1) is 14.2. The van der Waals surface area contributed by atoms with Gasteiger partial charge in [-0.2, -0.15) is 0 Å². The lowest BCUT2D eigenvalue weighted by Crippen LogP contribution is -2.40. The van der Waals surface area contributed by atoms with Crippen molar-refractivity contribution in [2.75, 3.05) is 27.8 Å². The van der Waals surface area contributed by atoms with Crippen LogP contribution in [0.15, 0.2) is 18.2 Å². The zero-order valence-electron chi connectivity index (χ0n) is 11.8. The van der Waals surface area contributed by atoms with Crippen LogP contribution >= 0.6 is 0 Å². The first-order chi connectivity index (χ1) is 9.55. The number of amides is 2. The average molecular weight is 278 g/mol. The van der Waals surface area contributed by atoms with Gasteiger partial charge in [0.25, 0.3) is 5.91 Å². The first-order valence-electron chi connectivity index (χ1n) is 6.34. The van der Waals surface area contributed by atoms with Crippen LogP contribution in [0.4, 0.5) is 0 Å². The summed E-state index contributed by atoms with van der Waals surface area (Å²) in [6.07, 6.45) is 0.627. The number of benzene rings is 1. The summed E-state index contributed by atoms with van der Waals surface area (Å²) in [7, 11) is 4.76. The summed E-state index contributed by atoms with van der Waals surface area (Å²) in [4.78, 5) is 25.6. The second-order valence-electron chi connectivity index (χ2n) is 4.68. The van der Waals surface area contributed by atoms with E-state index in [2.05, 4.69) is 5.32 Å². The van der Waals surface area contributed by atoms with Gasteiger partial charge in [0, 0.05) is 25.2 Å². The van der Waals surface area contributed by atoms with Crippen molar-refractivity contribution in [3.8, 4) is 11.5 Å². The smallest absolute Gasteiger partial charge is 0.252 e. The molecule has 0 bridgehead atoms. The Balaban J connectivity index is 2.15. The van der Waals surface area contributed by atoms with Gasteiger partial charge in [-0.3, -0.25) is 9.59 Å². The molecule has 1 atom stereocenters. The molecule has 0 aliphatic carbocycles. The van der Waals surface area contributed by atoms with Crippen molar-refractivity contribution in [2.45, 2.75) is 12.5 Å². The van der Waals surface area contributed by atoms with E-state index < -0.39 is 6.04 Å². The van der Waals surface area contributed by atoms with Gasteiger partial charge in [0.1, 0.15) is 17.5 Å². The minimum atomic E-state index is -0.454. The van der Waals surface area contributed by atoms with Crippen LogP contribution in [0.5, 0.6) is 11.5 Å². The number of nitrogens with zero attached hydrogens (tertiary/aromatic N) is 1. The zero-order chi connectivity index (χ0) is 14.7. The van der Waals surface area contributed by atoms with Gasteiger partial charge >= 0.3 is 0 Å². The van der Waals surface area contributed by atoms with Crippen LogP contribution in [0.2, 0.25) is 0 Å². The van der Waals surface area contributed by atoms with Crippen LogP contribution < -0.4 is 14.8 Å². The van der Waals surface area contributed by atoms with Crippen molar-refractivity contribution < 1.29 is 19.1 Å². The molecule has 1 N–H and O–H groups in total. The highest BCUT2D eigenvalue weighted by molar-refractivity contribution is 5.98. The van der Waals surface area contributed by atoms with Crippen LogP contribution in [-0.4, -0.2) is 50.6 Å². The molecule has 2 rings (SSSR count). The van der Waals surface area contributed by atoms with E-state index in [1.807, 2.05) is 0 Å². The lowest BCUT2D eigenvalue weighted by molar-refractivity contribution is -0.128. The Morgan fingerprint density at radius 1 is 1.25 bits per heavy atom. The Morgan fingerprint density at radius 2 is 1.85 bits per heavy atom. The van der Waals surface area contributed by atoms with E-state index in [1.165, 1.54) is 14.2 Å². The van der Waals surface area contributed by atoms with Gasteiger partial charge in [0.05, 0.1) is 14.2 Å². The van der Waals surface area contributed by atoms with Crippen molar-refractivity contribution in [1.82, 2.24) is 10.2 Å². The SMILES string of the molecule is COc1cc(OC)cc(C(=O)NC2CCN(C)C2=O)c1. The van der Waals surface area contributed by atoms with Gasteiger partial charge in [0.2, 0.25) is 5.91 Å². The fraction of sp³-hybridized carbons (Fsp3) is 0.429. The third kappa shape index (κ3) is 2.84. The number of likely N-dealkylation sites (N-methyl/N-ethyl adjacent to an activating group) is 1. The number of hydrogen-bond acceptors (Lipinski definition) is 4. The van der Waals surface area contributed by atoms with E-state index in [-0.39, 0.29) is 11.8 Å². The third-order valence-electron chi connectivity index (χ3n) is 3.35. The fourth-order valence-electron chi connectivity index (χ4n) is 2.14. The largest absolute Gasteiger partial charge is 0.497 e. The van der Waals surface area contributed by atoms with Crippen molar-refractivity contribution in [2.24, 2.45) is 0 Å². The van der Waals surface area contributed by atoms with Crippen LogP contribution in [0.25, 0.3) is 0 Å². The van der Waals surface area contributed by atoms with E-state index in [0.717, 1.165) is 0 Å². The molecular weight excluding hydrogens is 260 g/mol. The van der Waals surface area contributed by atoms with Crippen LogP contribution in [0.1, 0.15) is 16.8 Å². The second kappa shape index (κ2) is 5.81. The maximum absolute atomic E-state index is 12.2. The quantitative estimate of drug-likeness (QED) is 0.878. The number of likely N-dealkylation sites (tertiary alicyclic amines) is 1. The van der Waals surface area contributed by atoms with Gasteiger partial charge in [-0.15, -0.1) is 0 Å². The summed E-state index contributed by atoms with van der Waals surface area (Å²) >= 11 is 0. The Kier molecular flexibility index (Phi) is 4.12. The number of ether oxygens (including phenoxy) is 2. The average Bonchev–Trinajstić information content (AvgIpc) is 2.78. The van der Waals surface area contributed by atoms with E-state index in [4.69, 9.17) is 9.47 Å². The predicted molar refractivity (Wildman–Crippen MR) is 73.1 cm³/mol. The minimum Gasteiger partial charge on any atom is -0.497 e. The molecule has 1 aromatic rings. The molecule has 0 spiro atoms. The molecule has 1 saturated heterocycles. The van der Waals surface area contributed by atoms with Gasteiger partial charge in [0.15, 0.2) is 0 Å². The van der Waals surface area contributed by atoms with Crippen molar-refractivity contribution >= 4 is 11.8 Å². The number of methoxy groups -OCH3 is 2. The van der Waals surface area contributed by atoms with Crippen molar-refractivity contribution in [3.05, 3.63) is 23.8 Å². The van der Waals surface area contributed by atoms with Crippen molar-refractivity contribution in [1.29, 1.82) is 0 Å². The predicted octanol–water partition coefficient (Wildman–Crippen LogP) is 0.664. The fourth-order valence-corrected chi connectivity index (χ4v) is 2.14. The normalized spacial score (nSPS) is 18.1. The maximum atomic E-state index is 12.2. The highest BCUT2D eigenvalue weighted by Gasteiger charge is 2.30. The molecule has 1 fully saturated rings. The molecule has 6 heteroatoms. The lowest BCUT2D eigenvalue weighted by Gasteiger charge is -2.13. The molecule has 1 heterocycles. The summed E-state index contributed by atoms with van der Waals surface area (Å²) in [5.74, 6) is 0.692. The van der Waals surface area contributed by atoms with Crippen molar-refractivity contribution in [3.63, 3.8) is 0 Å². The molecule has 1 aromatic carbocycles. The molecular formula is C14H18N2O4. The highest BCUT2D eigenvalue weighted by atomic mass is 16.5. The molecule has 0 aromatic heterocycles. The minimum absolute atomic E-state index is 0.0618. The summed E-state index contributed by atoms with van der Waals surface area (Å²) in [6.45, 7) is 0.658. The zero-order valence-corrected chi connectivity index (χ0v) is 11.8. The van der Waals surface area contributed by atoms with Gasteiger partial charge in [-0.05, 0) is 18.6 Å². The van der Waals surface area contributed by atoms with Gasteiger partial charge in [-0.25, -0.2) is 0 Å². The molecule has 0 radical (unpaired) electrons. The second-order valence-corrected chi connectivity index (χ2v) is 4.68. The number of nitrogens with one attached hydrogen (secondary N) is 1. The lowest BCUT2D eigenvalue weighted by atomic mass is 10.1. The Morgan fingerprint density at radius 3 is 2.30 bits per heavy atom. The Labute approximate surface area is 117 Å². The number of carbonyl (C=O) groups is 2. The number of carbonyl (C=O) groups excluding carboxylic acids is 2. The van der Waals surface area contributed by atoms with Crippen LogP contribution in [0, 0.1) is 0 Å². The number of hydrogen-bond donors (Lipinski definition) is 1. The van der Waals surface area contributed by atoms with E-state index in [1.54, 1.807) is 30.1 Å². The Bertz CT molecular complexity index is 508. The molecule has 20 heavy (non-hydrogen) atoms. The highest BCUT2D eigenvalue weighted by Crippen LogP contribution is 2.22. The number of rotatable bonds is 4. The molecule has 2 amide bonds. The topological polar surface area (TPSA) is 67.9 Å². The standard InChI is InChI=1S/C14H18N2O4/c1-16-5-4-12(14(16)18)15-13(17)9-6-10(19-2)8-11(7-9)20-3/h6-8,12H,4-5H2,1-3H3,(H,15,17). The van der Waals surface area contributed by atoms with Gasteiger partial charge < -0.3 is 19.7 Å². The monoisotopic (exact) mass is 278 g/mol. The molecule has 1 unspecified atom stereocenters. The first-order valence-corrected chi connectivity index (χ1v) is 6.34. The van der Waals surface area contributed by atoms with E-state index in [0.29, 0.717) is 30.0 Å². The van der Waals surface area contributed by atoms with Gasteiger partial charge in [-0.1, -0.05) is 0 Å². The third-order valence-corrected chi connectivity index (χ3v) is 3.35. The summed E-state index contributed by atoms with van der Waals surface area (Å²) in [5.41, 5.74) is 0.406.